The van der Waals surface area contributed by atoms with Crippen LogP contribution in [-0.2, 0) is 0 Å². The lowest BCUT2D eigenvalue weighted by Crippen LogP contribution is -2.24. The Morgan fingerprint density at radius 1 is 1.28 bits per heavy atom. The lowest BCUT2D eigenvalue weighted by atomic mass is 10.1. The van der Waals surface area contributed by atoms with Crippen LogP contribution in [0.4, 0.5) is 0 Å². The Bertz CT molecular complexity index is 484. The second-order valence-corrected chi connectivity index (χ2v) is 4.59. The molecule has 0 spiro atoms. The maximum atomic E-state index is 10.1. The highest BCUT2D eigenvalue weighted by atomic mass is 35.5. The highest BCUT2D eigenvalue weighted by Crippen LogP contribution is 2.22. The van der Waals surface area contributed by atoms with Crippen LogP contribution in [-0.4, -0.2) is 11.7 Å². The third kappa shape index (κ3) is 3.13. The summed E-state index contributed by atoms with van der Waals surface area (Å²) in [4.78, 5) is 0. The molecule has 2 atom stereocenters. The number of aliphatic hydroxyl groups is 1. The minimum absolute atomic E-state index is 0.0529. The highest BCUT2D eigenvalue weighted by molar-refractivity contribution is 6.31. The summed E-state index contributed by atoms with van der Waals surface area (Å²) < 4.78 is 5.29. The molecule has 4 heteroatoms. The van der Waals surface area contributed by atoms with E-state index in [-0.39, 0.29) is 6.04 Å². The standard InChI is InChI=1S/C14H16ClNO2/c1-10(14-7-4-8-18-14)16-9-13(17)11-5-2-3-6-12(11)15/h2-8,10,13,16-17H,9H2,1H3. The normalized spacial score (nSPS) is 14.4. The predicted octanol–water partition coefficient (Wildman–Crippen LogP) is 3.32. The van der Waals surface area contributed by atoms with Crippen molar-refractivity contribution in [3.63, 3.8) is 0 Å². The third-order valence-electron chi connectivity index (χ3n) is 2.85. The van der Waals surface area contributed by atoms with Crippen LogP contribution < -0.4 is 5.32 Å². The molecule has 3 nitrogen and oxygen atoms in total. The van der Waals surface area contributed by atoms with E-state index in [0.717, 1.165) is 11.3 Å². The average molecular weight is 266 g/mol. The summed E-state index contributed by atoms with van der Waals surface area (Å²) in [6, 6.07) is 11.1. The molecule has 1 aromatic carbocycles. The SMILES string of the molecule is CC(NCC(O)c1ccccc1Cl)c1ccco1. The summed E-state index contributed by atoms with van der Waals surface area (Å²) >= 11 is 6.03. The molecule has 0 saturated carbocycles. The fourth-order valence-corrected chi connectivity index (χ4v) is 2.04. The van der Waals surface area contributed by atoms with E-state index in [4.69, 9.17) is 16.0 Å². The Morgan fingerprint density at radius 3 is 2.72 bits per heavy atom. The molecule has 1 heterocycles. The van der Waals surface area contributed by atoms with Gasteiger partial charge in [-0.2, -0.15) is 0 Å². The molecular formula is C14H16ClNO2. The predicted molar refractivity (Wildman–Crippen MR) is 71.5 cm³/mol. The molecule has 0 bridgehead atoms. The summed E-state index contributed by atoms with van der Waals surface area (Å²) in [6.07, 6.45) is 1.01. The van der Waals surface area contributed by atoms with Crippen LogP contribution in [0.3, 0.4) is 0 Å². The molecule has 96 valence electrons. The van der Waals surface area contributed by atoms with Gasteiger partial charge in [-0.15, -0.1) is 0 Å². The quantitative estimate of drug-likeness (QED) is 0.872. The van der Waals surface area contributed by atoms with Crippen molar-refractivity contribution >= 4 is 11.6 Å². The Labute approximate surface area is 111 Å². The third-order valence-corrected chi connectivity index (χ3v) is 3.20. The molecule has 0 radical (unpaired) electrons. The van der Waals surface area contributed by atoms with Crippen molar-refractivity contribution in [3.8, 4) is 0 Å². The topological polar surface area (TPSA) is 45.4 Å². The maximum absolute atomic E-state index is 10.1. The first-order valence-corrected chi connectivity index (χ1v) is 6.25. The Morgan fingerprint density at radius 2 is 2.06 bits per heavy atom. The fourth-order valence-electron chi connectivity index (χ4n) is 1.78. The largest absolute Gasteiger partial charge is 0.468 e. The molecular weight excluding hydrogens is 250 g/mol. The number of hydrogen-bond acceptors (Lipinski definition) is 3. The van der Waals surface area contributed by atoms with E-state index in [1.165, 1.54) is 0 Å². The van der Waals surface area contributed by atoms with Gasteiger partial charge in [-0.05, 0) is 25.1 Å². The summed E-state index contributed by atoms with van der Waals surface area (Å²) in [5.41, 5.74) is 0.735. The molecule has 0 amide bonds. The molecule has 2 rings (SSSR count). The van der Waals surface area contributed by atoms with Gasteiger partial charge < -0.3 is 14.8 Å². The number of furan rings is 1. The van der Waals surface area contributed by atoms with Crippen molar-refractivity contribution in [2.75, 3.05) is 6.54 Å². The van der Waals surface area contributed by atoms with E-state index in [9.17, 15) is 5.11 Å². The second kappa shape index (κ2) is 6.05. The van der Waals surface area contributed by atoms with Gasteiger partial charge in [0.15, 0.2) is 0 Å². The Hall–Kier alpha value is -1.29. The van der Waals surface area contributed by atoms with Crippen LogP contribution in [0.5, 0.6) is 0 Å². The lowest BCUT2D eigenvalue weighted by molar-refractivity contribution is 0.169. The molecule has 2 N–H and O–H groups in total. The number of aliphatic hydroxyl groups excluding tert-OH is 1. The zero-order chi connectivity index (χ0) is 13.0. The minimum atomic E-state index is -0.629. The smallest absolute Gasteiger partial charge is 0.120 e. The first-order chi connectivity index (χ1) is 8.68. The van der Waals surface area contributed by atoms with Crippen molar-refractivity contribution in [2.45, 2.75) is 19.1 Å². The van der Waals surface area contributed by atoms with Crippen molar-refractivity contribution < 1.29 is 9.52 Å². The Balaban J connectivity index is 1.93. The van der Waals surface area contributed by atoms with E-state index < -0.39 is 6.10 Å². The van der Waals surface area contributed by atoms with Gasteiger partial charge in [0.2, 0.25) is 0 Å². The first-order valence-electron chi connectivity index (χ1n) is 5.87. The molecule has 1 aromatic heterocycles. The molecule has 0 fully saturated rings. The van der Waals surface area contributed by atoms with Gasteiger partial charge in [0, 0.05) is 17.1 Å². The van der Waals surface area contributed by atoms with Gasteiger partial charge in [-0.1, -0.05) is 29.8 Å². The number of rotatable bonds is 5. The van der Waals surface area contributed by atoms with E-state index in [0.29, 0.717) is 11.6 Å². The molecule has 18 heavy (non-hydrogen) atoms. The van der Waals surface area contributed by atoms with Crippen LogP contribution in [0.1, 0.15) is 30.4 Å². The van der Waals surface area contributed by atoms with Crippen molar-refractivity contribution in [1.29, 1.82) is 0 Å². The van der Waals surface area contributed by atoms with Crippen molar-refractivity contribution in [2.24, 2.45) is 0 Å². The number of hydrogen-bond donors (Lipinski definition) is 2. The minimum Gasteiger partial charge on any atom is -0.468 e. The lowest BCUT2D eigenvalue weighted by Gasteiger charge is -2.16. The van der Waals surface area contributed by atoms with Crippen LogP contribution in [0.2, 0.25) is 5.02 Å². The van der Waals surface area contributed by atoms with E-state index >= 15 is 0 Å². The zero-order valence-electron chi connectivity index (χ0n) is 10.1. The van der Waals surface area contributed by atoms with Gasteiger partial charge >= 0.3 is 0 Å². The van der Waals surface area contributed by atoms with Gasteiger partial charge in [-0.25, -0.2) is 0 Å². The zero-order valence-corrected chi connectivity index (χ0v) is 10.9. The molecule has 0 saturated heterocycles. The van der Waals surface area contributed by atoms with Crippen LogP contribution in [0.15, 0.2) is 47.1 Å². The van der Waals surface area contributed by atoms with Crippen LogP contribution in [0, 0.1) is 0 Å². The second-order valence-electron chi connectivity index (χ2n) is 4.18. The molecule has 2 unspecified atom stereocenters. The van der Waals surface area contributed by atoms with Gasteiger partial charge in [0.1, 0.15) is 5.76 Å². The number of nitrogens with one attached hydrogen (secondary N) is 1. The maximum Gasteiger partial charge on any atom is 0.120 e. The summed E-state index contributed by atoms with van der Waals surface area (Å²) in [5, 5.41) is 13.9. The highest BCUT2D eigenvalue weighted by Gasteiger charge is 2.13. The van der Waals surface area contributed by atoms with Crippen molar-refractivity contribution in [3.05, 3.63) is 59.0 Å². The van der Waals surface area contributed by atoms with E-state index in [1.807, 2.05) is 37.3 Å². The molecule has 0 aliphatic carbocycles. The van der Waals surface area contributed by atoms with E-state index in [2.05, 4.69) is 5.32 Å². The first kappa shape index (κ1) is 13.1. The number of halogens is 1. The fraction of sp³-hybridized carbons (Fsp3) is 0.286. The van der Waals surface area contributed by atoms with Crippen LogP contribution in [0.25, 0.3) is 0 Å². The van der Waals surface area contributed by atoms with Gasteiger partial charge in [0.05, 0.1) is 18.4 Å². The molecule has 0 aliphatic heterocycles. The summed E-state index contributed by atoms with van der Waals surface area (Å²) in [5.74, 6) is 0.848. The van der Waals surface area contributed by atoms with Gasteiger partial charge in [0.25, 0.3) is 0 Å². The monoisotopic (exact) mass is 265 g/mol. The van der Waals surface area contributed by atoms with E-state index in [1.54, 1.807) is 12.3 Å². The Kier molecular flexibility index (Phi) is 4.42. The molecule has 2 aromatic rings. The van der Waals surface area contributed by atoms with Crippen molar-refractivity contribution in [1.82, 2.24) is 5.32 Å². The summed E-state index contributed by atoms with van der Waals surface area (Å²) in [6.45, 7) is 2.41. The van der Waals surface area contributed by atoms with Gasteiger partial charge in [-0.3, -0.25) is 0 Å². The number of benzene rings is 1. The average Bonchev–Trinajstić information content (AvgIpc) is 2.90. The molecule has 0 aliphatic rings. The summed E-state index contributed by atoms with van der Waals surface area (Å²) in [7, 11) is 0. The van der Waals surface area contributed by atoms with Crippen LogP contribution >= 0.6 is 11.6 Å².